The minimum atomic E-state index is -0.419. The Morgan fingerprint density at radius 1 is 1.33 bits per heavy atom. The first kappa shape index (κ1) is 18.1. The summed E-state index contributed by atoms with van der Waals surface area (Å²) in [5.74, 6) is -0.0176. The van der Waals surface area contributed by atoms with Crippen LogP contribution in [0.25, 0.3) is 0 Å². The van der Waals surface area contributed by atoms with Crippen molar-refractivity contribution in [1.29, 1.82) is 0 Å². The molecule has 0 saturated carbocycles. The van der Waals surface area contributed by atoms with E-state index < -0.39 is 4.92 Å². The summed E-state index contributed by atoms with van der Waals surface area (Å²) in [5, 5.41) is 15.6. The van der Waals surface area contributed by atoms with Crippen molar-refractivity contribution < 1.29 is 9.72 Å². The molecule has 1 aromatic heterocycles. The van der Waals surface area contributed by atoms with Gasteiger partial charge < -0.3 is 5.32 Å². The van der Waals surface area contributed by atoms with Gasteiger partial charge in [0.2, 0.25) is 5.91 Å². The molecule has 0 aliphatic carbocycles. The van der Waals surface area contributed by atoms with Crippen LogP contribution in [0.3, 0.4) is 0 Å². The Morgan fingerprint density at radius 2 is 2.04 bits per heavy atom. The van der Waals surface area contributed by atoms with Crippen molar-refractivity contribution in [3.8, 4) is 0 Å². The maximum Gasteiger partial charge on any atom is 0.269 e. The van der Waals surface area contributed by atoms with Gasteiger partial charge in [-0.2, -0.15) is 0 Å². The molecule has 1 atom stereocenters. The van der Waals surface area contributed by atoms with Gasteiger partial charge in [-0.15, -0.1) is 11.3 Å². The quantitative estimate of drug-likeness (QED) is 0.588. The molecule has 0 saturated heterocycles. The average Bonchev–Trinajstić information content (AvgIpc) is 3.07. The van der Waals surface area contributed by atoms with Gasteiger partial charge >= 0.3 is 0 Å². The van der Waals surface area contributed by atoms with Crippen LogP contribution in [-0.4, -0.2) is 35.4 Å². The van der Waals surface area contributed by atoms with Gasteiger partial charge in [-0.3, -0.25) is 19.8 Å². The lowest BCUT2D eigenvalue weighted by atomic mass is 10.1. The zero-order chi connectivity index (χ0) is 17.5. The maximum absolute atomic E-state index is 12.2. The van der Waals surface area contributed by atoms with Gasteiger partial charge in [-0.25, -0.2) is 0 Å². The molecule has 0 bridgehead atoms. The molecule has 0 aliphatic rings. The van der Waals surface area contributed by atoms with Crippen molar-refractivity contribution in [2.75, 3.05) is 13.6 Å². The number of hydrogen-bond acceptors (Lipinski definition) is 5. The third-order valence-electron chi connectivity index (χ3n) is 3.87. The van der Waals surface area contributed by atoms with Crippen LogP contribution in [0.2, 0.25) is 0 Å². The number of nitrogens with one attached hydrogen (secondary N) is 1. The van der Waals surface area contributed by atoms with Crippen LogP contribution in [0.4, 0.5) is 5.69 Å². The number of amides is 1. The molecule has 1 N–H and O–H groups in total. The Bertz CT molecular complexity index is 671. The average molecular weight is 347 g/mol. The van der Waals surface area contributed by atoms with E-state index >= 15 is 0 Å². The van der Waals surface area contributed by atoms with Crippen molar-refractivity contribution in [2.24, 2.45) is 0 Å². The summed E-state index contributed by atoms with van der Waals surface area (Å²) >= 11 is 1.68. The van der Waals surface area contributed by atoms with E-state index in [9.17, 15) is 14.9 Å². The minimum Gasteiger partial charge on any atom is -0.354 e. The van der Waals surface area contributed by atoms with E-state index in [2.05, 4.69) is 11.4 Å². The fraction of sp³-hybridized carbons (Fsp3) is 0.353. The number of carbonyl (C=O) groups excluding carboxylic acids is 1. The van der Waals surface area contributed by atoms with Crippen LogP contribution in [0, 0.1) is 10.1 Å². The highest BCUT2D eigenvalue weighted by Gasteiger charge is 2.18. The predicted molar refractivity (Wildman–Crippen MR) is 95.1 cm³/mol. The van der Waals surface area contributed by atoms with Crippen molar-refractivity contribution in [2.45, 2.75) is 25.9 Å². The summed E-state index contributed by atoms with van der Waals surface area (Å²) in [5.41, 5.74) is 1.00. The molecule has 0 radical (unpaired) electrons. The highest BCUT2D eigenvalue weighted by Crippen LogP contribution is 2.14. The molecular formula is C17H21N3O3S. The van der Waals surface area contributed by atoms with E-state index in [1.165, 1.54) is 17.0 Å². The number of likely N-dealkylation sites (N-methyl/N-ethyl adjacent to an activating group) is 1. The first-order chi connectivity index (χ1) is 11.5. The van der Waals surface area contributed by atoms with Crippen molar-refractivity contribution in [3.63, 3.8) is 0 Å². The summed E-state index contributed by atoms with van der Waals surface area (Å²) in [6, 6.07) is 10.2. The number of benzene rings is 1. The van der Waals surface area contributed by atoms with E-state index in [0.29, 0.717) is 13.1 Å². The van der Waals surface area contributed by atoms with Gasteiger partial charge in [-0.1, -0.05) is 18.2 Å². The lowest BCUT2D eigenvalue weighted by Crippen LogP contribution is -2.43. The molecule has 7 heteroatoms. The Morgan fingerprint density at radius 3 is 2.62 bits per heavy atom. The summed E-state index contributed by atoms with van der Waals surface area (Å²) in [6.07, 6.45) is 0.836. The Hall–Kier alpha value is -2.25. The summed E-state index contributed by atoms with van der Waals surface area (Å²) in [4.78, 5) is 25.6. The SMILES string of the molecule is CC(C(=O)NCCc1cccs1)N(C)Cc1ccc([N+](=O)[O-])cc1. The molecule has 1 unspecified atom stereocenters. The summed E-state index contributed by atoms with van der Waals surface area (Å²) < 4.78 is 0. The number of rotatable bonds is 8. The Labute approximate surface area is 145 Å². The lowest BCUT2D eigenvalue weighted by molar-refractivity contribution is -0.384. The lowest BCUT2D eigenvalue weighted by Gasteiger charge is -2.23. The number of thiophene rings is 1. The van der Waals surface area contributed by atoms with Crippen molar-refractivity contribution in [1.82, 2.24) is 10.2 Å². The van der Waals surface area contributed by atoms with Crippen LogP contribution in [0.15, 0.2) is 41.8 Å². The highest BCUT2D eigenvalue weighted by molar-refractivity contribution is 7.09. The monoisotopic (exact) mass is 347 g/mol. The van der Waals surface area contributed by atoms with Crippen molar-refractivity contribution in [3.05, 3.63) is 62.3 Å². The summed E-state index contributed by atoms with van der Waals surface area (Å²) in [7, 11) is 1.87. The minimum absolute atomic E-state index is 0.0176. The van der Waals surface area contributed by atoms with Gasteiger partial charge in [0.25, 0.3) is 5.69 Å². The van der Waals surface area contributed by atoms with Crippen molar-refractivity contribution >= 4 is 22.9 Å². The molecule has 128 valence electrons. The van der Waals surface area contributed by atoms with Crippen LogP contribution < -0.4 is 5.32 Å². The molecule has 0 aliphatic heterocycles. The molecular weight excluding hydrogens is 326 g/mol. The second-order valence-electron chi connectivity index (χ2n) is 5.64. The van der Waals surface area contributed by atoms with E-state index in [0.717, 1.165) is 12.0 Å². The van der Waals surface area contributed by atoms with E-state index in [4.69, 9.17) is 0 Å². The molecule has 0 spiro atoms. The van der Waals surface area contributed by atoms with Crippen LogP contribution >= 0.6 is 11.3 Å². The van der Waals surface area contributed by atoms with Gasteiger partial charge in [0.1, 0.15) is 0 Å². The number of nitrogens with zero attached hydrogens (tertiary/aromatic N) is 2. The highest BCUT2D eigenvalue weighted by atomic mass is 32.1. The van der Waals surface area contributed by atoms with E-state index in [1.54, 1.807) is 23.5 Å². The standard InChI is InChI=1S/C17H21N3O3S/c1-13(17(21)18-10-9-16-4-3-11-24-16)19(2)12-14-5-7-15(8-6-14)20(22)23/h3-8,11,13H,9-10,12H2,1-2H3,(H,18,21). The predicted octanol–water partition coefficient (Wildman–Crippen LogP) is 2.84. The molecule has 2 rings (SSSR count). The van der Waals surface area contributed by atoms with Gasteiger partial charge in [0, 0.05) is 30.1 Å². The number of carbonyl (C=O) groups is 1. The first-order valence-electron chi connectivity index (χ1n) is 7.71. The van der Waals surface area contributed by atoms with Crippen LogP contribution in [0.1, 0.15) is 17.4 Å². The largest absolute Gasteiger partial charge is 0.354 e. The third kappa shape index (κ3) is 5.14. The molecule has 6 nitrogen and oxygen atoms in total. The zero-order valence-corrected chi connectivity index (χ0v) is 14.6. The van der Waals surface area contributed by atoms with Gasteiger partial charge in [0.15, 0.2) is 0 Å². The number of nitro benzene ring substituents is 1. The zero-order valence-electron chi connectivity index (χ0n) is 13.8. The number of hydrogen-bond donors (Lipinski definition) is 1. The Kier molecular flexibility index (Phi) is 6.45. The van der Waals surface area contributed by atoms with Gasteiger partial charge in [0.05, 0.1) is 11.0 Å². The fourth-order valence-electron chi connectivity index (χ4n) is 2.26. The normalized spacial score (nSPS) is 12.1. The van der Waals surface area contributed by atoms with Gasteiger partial charge in [-0.05, 0) is 37.4 Å². The fourth-order valence-corrected chi connectivity index (χ4v) is 2.97. The molecule has 1 aromatic carbocycles. The van der Waals surface area contributed by atoms with Crippen LogP contribution in [0.5, 0.6) is 0 Å². The second-order valence-corrected chi connectivity index (χ2v) is 6.67. The molecule has 0 fully saturated rings. The molecule has 2 aromatic rings. The van der Waals surface area contributed by atoms with E-state index in [1.807, 2.05) is 30.3 Å². The number of nitro groups is 1. The maximum atomic E-state index is 12.2. The van der Waals surface area contributed by atoms with Crippen LogP contribution in [-0.2, 0) is 17.8 Å². The smallest absolute Gasteiger partial charge is 0.269 e. The second kappa shape index (κ2) is 8.56. The molecule has 1 amide bonds. The topological polar surface area (TPSA) is 75.5 Å². The third-order valence-corrected chi connectivity index (χ3v) is 4.81. The summed E-state index contributed by atoms with van der Waals surface area (Å²) in [6.45, 7) is 3.03. The molecule has 24 heavy (non-hydrogen) atoms. The number of non-ortho nitro benzene ring substituents is 1. The van der Waals surface area contributed by atoms with E-state index in [-0.39, 0.29) is 17.6 Å². The Balaban J connectivity index is 1.80. The molecule has 1 heterocycles. The first-order valence-corrected chi connectivity index (χ1v) is 8.59.